The van der Waals surface area contributed by atoms with Gasteiger partial charge in [0, 0.05) is 23.2 Å². The fourth-order valence-corrected chi connectivity index (χ4v) is 3.81. The Bertz CT molecular complexity index is 612. The van der Waals surface area contributed by atoms with E-state index in [2.05, 4.69) is 45.0 Å². The van der Waals surface area contributed by atoms with Crippen LogP contribution in [0.3, 0.4) is 0 Å². The first-order valence-electron chi connectivity index (χ1n) is 7.69. The minimum absolute atomic E-state index is 0.155. The van der Waals surface area contributed by atoms with Gasteiger partial charge in [-0.25, -0.2) is 4.98 Å². The van der Waals surface area contributed by atoms with Crippen molar-refractivity contribution in [2.24, 2.45) is 7.05 Å². The summed E-state index contributed by atoms with van der Waals surface area (Å²) in [6.45, 7) is 11.7. The molecule has 0 aromatic carbocycles. The Morgan fingerprint density at radius 2 is 1.95 bits per heavy atom. The van der Waals surface area contributed by atoms with Crippen LogP contribution in [0.15, 0.2) is 0 Å². The van der Waals surface area contributed by atoms with Crippen LogP contribution in [0.5, 0.6) is 0 Å². The van der Waals surface area contributed by atoms with E-state index in [4.69, 9.17) is 4.98 Å². The number of nitrogens with one attached hydrogen (secondary N) is 1. The van der Waals surface area contributed by atoms with Crippen LogP contribution < -0.4 is 5.32 Å². The van der Waals surface area contributed by atoms with Gasteiger partial charge in [-0.3, -0.25) is 4.68 Å². The minimum atomic E-state index is 0.155. The molecular weight excluding hydrogens is 280 g/mol. The summed E-state index contributed by atoms with van der Waals surface area (Å²) in [4.78, 5) is 6.20. The van der Waals surface area contributed by atoms with E-state index >= 15 is 0 Å². The molecule has 5 heteroatoms. The second-order valence-electron chi connectivity index (χ2n) is 5.50. The van der Waals surface area contributed by atoms with Crippen molar-refractivity contribution in [3.05, 3.63) is 32.5 Å². The molecule has 1 atom stereocenters. The number of aryl methyl sites for hydroxylation is 4. The largest absolute Gasteiger partial charge is 0.304 e. The minimum Gasteiger partial charge on any atom is -0.304 e. The number of nitrogens with zero attached hydrogens (tertiary/aromatic N) is 3. The van der Waals surface area contributed by atoms with Crippen LogP contribution in [0.2, 0.25) is 0 Å². The van der Waals surface area contributed by atoms with E-state index < -0.39 is 0 Å². The summed E-state index contributed by atoms with van der Waals surface area (Å²) in [7, 11) is 2.01. The van der Waals surface area contributed by atoms with Gasteiger partial charge in [-0.1, -0.05) is 13.8 Å². The quantitative estimate of drug-likeness (QED) is 0.889. The Morgan fingerprint density at radius 1 is 1.24 bits per heavy atom. The van der Waals surface area contributed by atoms with Gasteiger partial charge in [0.15, 0.2) is 0 Å². The molecule has 0 saturated carbocycles. The molecule has 1 N–H and O–H groups in total. The van der Waals surface area contributed by atoms with Crippen molar-refractivity contribution in [1.29, 1.82) is 0 Å². The van der Waals surface area contributed by atoms with E-state index in [1.165, 1.54) is 21.8 Å². The summed E-state index contributed by atoms with van der Waals surface area (Å²) in [6.07, 6.45) is 2.10. The molecular formula is C16H26N4S. The third kappa shape index (κ3) is 3.19. The highest BCUT2D eigenvalue weighted by Gasteiger charge is 2.24. The molecule has 1 unspecified atom stereocenters. The molecule has 0 saturated heterocycles. The van der Waals surface area contributed by atoms with Gasteiger partial charge in [-0.2, -0.15) is 5.10 Å². The van der Waals surface area contributed by atoms with E-state index in [0.717, 1.165) is 30.1 Å². The third-order valence-electron chi connectivity index (χ3n) is 3.94. The summed E-state index contributed by atoms with van der Waals surface area (Å²) in [5.74, 6) is 0. The number of rotatable bonds is 6. The highest BCUT2D eigenvalue weighted by atomic mass is 32.1. The standard InChI is InChI=1S/C16H26N4S/c1-7-9-17-15(14-10(3)19-20(6)11(14)4)16-18-13(8-2)12(5)21-16/h15,17H,7-9H2,1-6H3. The highest BCUT2D eigenvalue weighted by Crippen LogP contribution is 2.31. The molecule has 0 bridgehead atoms. The lowest BCUT2D eigenvalue weighted by Gasteiger charge is -2.17. The smallest absolute Gasteiger partial charge is 0.115 e. The summed E-state index contributed by atoms with van der Waals surface area (Å²) in [5.41, 5.74) is 4.81. The predicted molar refractivity (Wildman–Crippen MR) is 89.0 cm³/mol. The van der Waals surface area contributed by atoms with Crippen molar-refractivity contribution in [2.45, 2.75) is 53.5 Å². The Labute approximate surface area is 131 Å². The molecule has 0 aliphatic carbocycles. The SMILES string of the molecule is CCCNC(c1nc(CC)c(C)s1)c1c(C)nn(C)c1C. The topological polar surface area (TPSA) is 42.7 Å². The highest BCUT2D eigenvalue weighted by molar-refractivity contribution is 7.11. The molecule has 0 amide bonds. The van der Waals surface area contributed by atoms with Gasteiger partial charge in [0.2, 0.25) is 0 Å². The van der Waals surface area contributed by atoms with Gasteiger partial charge in [0.1, 0.15) is 5.01 Å². The van der Waals surface area contributed by atoms with Crippen molar-refractivity contribution in [3.8, 4) is 0 Å². The van der Waals surface area contributed by atoms with Crippen LogP contribution in [0.4, 0.5) is 0 Å². The second-order valence-corrected chi connectivity index (χ2v) is 6.74. The Morgan fingerprint density at radius 3 is 2.43 bits per heavy atom. The molecule has 21 heavy (non-hydrogen) atoms. The number of hydrogen-bond acceptors (Lipinski definition) is 4. The molecule has 0 radical (unpaired) electrons. The van der Waals surface area contributed by atoms with Gasteiger partial charge in [-0.05, 0) is 40.2 Å². The van der Waals surface area contributed by atoms with Crippen molar-refractivity contribution in [1.82, 2.24) is 20.1 Å². The van der Waals surface area contributed by atoms with Gasteiger partial charge >= 0.3 is 0 Å². The monoisotopic (exact) mass is 306 g/mol. The maximum atomic E-state index is 4.87. The van der Waals surface area contributed by atoms with Gasteiger partial charge in [0.25, 0.3) is 0 Å². The van der Waals surface area contributed by atoms with Crippen LogP contribution in [-0.2, 0) is 13.5 Å². The van der Waals surface area contributed by atoms with Crippen LogP contribution >= 0.6 is 11.3 Å². The fourth-order valence-electron chi connectivity index (χ4n) is 2.71. The van der Waals surface area contributed by atoms with Crippen molar-refractivity contribution < 1.29 is 0 Å². The van der Waals surface area contributed by atoms with Crippen LogP contribution in [-0.4, -0.2) is 21.3 Å². The van der Waals surface area contributed by atoms with Crippen LogP contribution in [0, 0.1) is 20.8 Å². The summed E-state index contributed by atoms with van der Waals surface area (Å²) >= 11 is 1.81. The van der Waals surface area contributed by atoms with Gasteiger partial charge in [0.05, 0.1) is 17.4 Å². The lowest BCUT2D eigenvalue weighted by Crippen LogP contribution is -2.24. The number of thiazole rings is 1. The molecule has 2 rings (SSSR count). The first-order valence-corrected chi connectivity index (χ1v) is 8.50. The molecule has 2 aromatic rings. The molecule has 2 heterocycles. The Balaban J connectivity index is 2.46. The molecule has 0 aliphatic heterocycles. The lowest BCUT2D eigenvalue weighted by molar-refractivity contribution is 0.589. The van der Waals surface area contributed by atoms with Gasteiger partial charge < -0.3 is 5.32 Å². The molecule has 0 fully saturated rings. The molecule has 4 nitrogen and oxygen atoms in total. The van der Waals surface area contributed by atoms with Crippen LogP contribution in [0.1, 0.15) is 58.8 Å². The van der Waals surface area contributed by atoms with E-state index in [9.17, 15) is 0 Å². The molecule has 2 aromatic heterocycles. The Kier molecular flexibility index (Phi) is 5.17. The maximum absolute atomic E-state index is 4.87. The normalized spacial score (nSPS) is 12.9. The first kappa shape index (κ1) is 16.2. The average molecular weight is 306 g/mol. The van der Waals surface area contributed by atoms with E-state index in [-0.39, 0.29) is 6.04 Å². The zero-order valence-electron chi connectivity index (χ0n) is 13.9. The third-order valence-corrected chi connectivity index (χ3v) is 5.02. The maximum Gasteiger partial charge on any atom is 0.115 e. The second kappa shape index (κ2) is 6.71. The number of aromatic nitrogens is 3. The zero-order chi connectivity index (χ0) is 15.6. The average Bonchev–Trinajstić information content (AvgIpc) is 2.93. The summed E-state index contributed by atoms with van der Waals surface area (Å²) < 4.78 is 1.96. The molecule has 0 aliphatic rings. The fraction of sp³-hybridized carbons (Fsp3) is 0.625. The van der Waals surface area contributed by atoms with Crippen molar-refractivity contribution in [3.63, 3.8) is 0 Å². The van der Waals surface area contributed by atoms with Gasteiger partial charge in [-0.15, -0.1) is 11.3 Å². The van der Waals surface area contributed by atoms with Crippen LogP contribution in [0.25, 0.3) is 0 Å². The number of hydrogen-bond donors (Lipinski definition) is 1. The summed E-state index contributed by atoms with van der Waals surface area (Å²) in [5, 5.41) is 9.39. The van der Waals surface area contributed by atoms with E-state index in [0.29, 0.717) is 0 Å². The first-order chi connectivity index (χ1) is 9.99. The van der Waals surface area contributed by atoms with Crippen molar-refractivity contribution in [2.75, 3.05) is 6.54 Å². The molecule has 116 valence electrons. The molecule has 0 spiro atoms. The lowest BCUT2D eigenvalue weighted by atomic mass is 10.1. The predicted octanol–water partition coefficient (Wildman–Crippen LogP) is 3.45. The van der Waals surface area contributed by atoms with E-state index in [1.54, 1.807) is 0 Å². The zero-order valence-corrected chi connectivity index (χ0v) is 14.8. The Hall–Kier alpha value is -1.20. The van der Waals surface area contributed by atoms with Crippen molar-refractivity contribution >= 4 is 11.3 Å². The summed E-state index contributed by atoms with van der Waals surface area (Å²) in [6, 6.07) is 0.155. The van der Waals surface area contributed by atoms with E-state index in [1.807, 2.05) is 23.1 Å².